The van der Waals surface area contributed by atoms with Gasteiger partial charge in [0.05, 0.1) is 4.92 Å². The minimum atomic E-state index is -0.557. The van der Waals surface area contributed by atoms with E-state index in [9.17, 15) is 14.9 Å². The molecule has 2 saturated carbocycles. The molecule has 132 valence electrons. The molecule has 3 rings (SSSR count). The Bertz CT molecular complexity index is 669. The summed E-state index contributed by atoms with van der Waals surface area (Å²) >= 11 is 0. The monoisotopic (exact) mass is 334 g/mol. The lowest BCUT2D eigenvalue weighted by atomic mass is 9.84. The average Bonchev–Trinajstić information content (AvgIpc) is 3.20. The molecule has 5 atom stereocenters. The predicted octanol–water partition coefficient (Wildman–Crippen LogP) is 2.91. The molecule has 7 heteroatoms. The number of aryl methyl sites for hydroxylation is 1. The summed E-state index contributed by atoms with van der Waals surface area (Å²) in [6, 6.07) is -0.416. The van der Waals surface area contributed by atoms with Gasteiger partial charge in [-0.05, 0) is 64.7 Å². The molecule has 1 heterocycles. The molecule has 2 bridgehead atoms. The number of hydrogen-bond donors (Lipinski definition) is 1. The van der Waals surface area contributed by atoms with Crippen molar-refractivity contribution in [3.05, 3.63) is 21.5 Å². The standard InChI is InChI=1S/C17H26N4O3/c1-9(15-8-13-5-6-14(15)7-13)18-17(22)12(4)20-11(3)16(21(23)24)10(2)19-20/h9,12-15H,5-8H2,1-4H3,(H,18,22). The van der Waals surface area contributed by atoms with Gasteiger partial charge in [0.25, 0.3) is 0 Å². The molecule has 0 saturated heterocycles. The molecule has 0 aromatic carbocycles. The number of fused-ring (bicyclic) bond motifs is 2. The van der Waals surface area contributed by atoms with Crippen molar-refractivity contribution < 1.29 is 9.72 Å². The zero-order valence-electron chi connectivity index (χ0n) is 14.8. The Morgan fingerprint density at radius 1 is 1.33 bits per heavy atom. The first kappa shape index (κ1) is 16.9. The van der Waals surface area contributed by atoms with E-state index in [1.54, 1.807) is 20.8 Å². The third kappa shape index (κ3) is 2.80. The second kappa shape index (κ2) is 6.18. The van der Waals surface area contributed by atoms with Gasteiger partial charge in [-0.2, -0.15) is 5.10 Å². The van der Waals surface area contributed by atoms with E-state index in [1.165, 1.54) is 30.4 Å². The van der Waals surface area contributed by atoms with Gasteiger partial charge in [-0.25, -0.2) is 0 Å². The summed E-state index contributed by atoms with van der Waals surface area (Å²) in [6.45, 7) is 7.07. The summed E-state index contributed by atoms with van der Waals surface area (Å²) in [5.74, 6) is 2.03. The fraction of sp³-hybridized carbons (Fsp3) is 0.765. The number of rotatable bonds is 5. The van der Waals surface area contributed by atoms with Crippen LogP contribution in [0.3, 0.4) is 0 Å². The Kier molecular flexibility index (Phi) is 4.36. The van der Waals surface area contributed by atoms with Gasteiger partial charge in [-0.15, -0.1) is 0 Å². The Hall–Kier alpha value is -1.92. The molecule has 0 spiro atoms. The van der Waals surface area contributed by atoms with Crippen LogP contribution < -0.4 is 5.32 Å². The van der Waals surface area contributed by atoms with E-state index in [0.717, 1.165) is 11.8 Å². The molecule has 1 aromatic rings. The number of carbonyl (C=O) groups excluding carboxylic acids is 1. The third-order valence-electron chi connectivity index (χ3n) is 6.02. The number of nitrogens with zero attached hydrogens (tertiary/aromatic N) is 3. The van der Waals surface area contributed by atoms with Crippen molar-refractivity contribution in [1.29, 1.82) is 0 Å². The highest BCUT2D eigenvalue weighted by Crippen LogP contribution is 2.49. The zero-order chi connectivity index (χ0) is 17.6. The largest absolute Gasteiger partial charge is 0.352 e. The molecular formula is C17H26N4O3. The van der Waals surface area contributed by atoms with Crippen molar-refractivity contribution >= 4 is 11.6 Å². The number of amides is 1. The molecule has 7 nitrogen and oxygen atoms in total. The lowest BCUT2D eigenvalue weighted by Crippen LogP contribution is -2.43. The lowest BCUT2D eigenvalue weighted by Gasteiger charge is -2.29. The summed E-state index contributed by atoms with van der Waals surface area (Å²) < 4.78 is 1.47. The SMILES string of the molecule is Cc1nn(C(C)C(=O)NC(C)C2CC3CCC2C3)c(C)c1[N+](=O)[O-]. The molecule has 1 amide bonds. The zero-order valence-corrected chi connectivity index (χ0v) is 14.8. The summed E-state index contributed by atoms with van der Waals surface area (Å²) in [4.78, 5) is 23.3. The Labute approximate surface area is 142 Å². The summed E-state index contributed by atoms with van der Waals surface area (Å²) in [5.41, 5.74) is 0.766. The van der Waals surface area contributed by atoms with Crippen LogP contribution in [0.4, 0.5) is 5.69 Å². The van der Waals surface area contributed by atoms with Crippen molar-refractivity contribution in [2.75, 3.05) is 0 Å². The van der Waals surface area contributed by atoms with Crippen LogP contribution in [0.25, 0.3) is 0 Å². The van der Waals surface area contributed by atoms with Gasteiger partial charge < -0.3 is 5.32 Å². The molecule has 2 aliphatic carbocycles. The highest BCUT2D eigenvalue weighted by Gasteiger charge is 2.42. The molecule has 5 unspecified atom stereocenters. The van der Waals surface area contributed by atoms with E-state index >= 15 is 0 Å². The second-order valence-electron chi connectivity index (χ2n) is 7.53. The molecule has 1 N–H and O–H groups in total. The van der Waals surface area contributed by atoms with E-state index in [0.29, 0.717) is 17.3 Å². The normalized spacial score (nSPS) is 27.9. The minimum Gasteiger partial charge on any atom is -0.352 e. The van der Waals surface area contributed by atoms with Crippen LogP contribution >= 0.6 is 0 Å². The van der Waals surface area contributed by atoms with E-state index in [4.69, 9.17) is 0 Å². The fourth-order valence-corrected chi connectivity index (χ4v) is 4.76. The van der Waals surface area contributed by atoms with Crippen molar-refractivity contribution in [1.82, 2.24) is 15.1 Å². The first-order valence-corrected chi connectivity index (χ1v) is 8.80. The van der Waals surface area contributed by atoms with Crippen LogP contribution in [0.15, 0.2) is 0 Å². The quantitative estimate of drug-likeness (QED) is 0.662. The Morgan fingerprint density at radius 2 is 2.04 bits per heavy atom. The third-order valence-corrected chi connectivity index (χ3v) is 6.02. The number of nitro groups is 1. The molecule has 24 heavy (non-hydrogen) atoms. The topological polar surface area (TPSA) is 90.1 Å². The maximum absolute atomic E-state index is 12.6. The summed E-state index contributed by atoms with van der Waals surface area (Å²) in [7, 11) is 0. The van der Waals surface area contributed by atoms with Crippen LogP contribution in [-0.4, -0.2) is 26.7 Å². The van der Waals surface area contributed by atoms with Crippen LogP contribution in [0, 0.1) is 41.7 Å². The summed E-state index contributed by atoms with van der Waals surface area (Å²) in [6.07, 6.45) is 5.15. The van der Waals surface area contributed by atoms with Gasteiger partial charge in [0, 0.05) is 6.04 Å². The predicted molar refractivity (Wildman–Crippen MR) is 89.6 cm³/mol. The van der Waals surface area contributed by atoms with Gasteiger partial charge in [-0.3, -0.25) is 19.6 Å². The Morgan fingerprint density at radius 3 is 2.54 bits per heavy atom. The highest BCUT2D eigenvalue weighted by atomic mass is 16.6. The van der Waals surface area contributed by atoms with Gasteiger partial charge in [0.1, 0.15) is 17.4 Å². The smallest absolute Gasteiger partial charge is 0.312 e. The number of carbonyl (C=O) groups is 1. The van der Waals surface area contributed by atoms with E-state index < -0.39 is 11.0 Å². The Balaban J connectivity index is 1.69. The fourth-order valence-electron chi connectivity index (χ4n) is 4.76. The first-order valence-electron chi connectivity index (χ1n) is 8.80. The number of nitrogens with one attached hydrogen (secondary N) is 1. The molecule has 2 aliphatic rings. The second-order valence-corrected chi connectivity index (χ2v) is 7.53. The van der Waals surface area contributed by atoms with Crippen molar-refractivity contribution in [2.24, 2.45) is 17.8 Å². The van der Waals surface area contributed by atoms with Crippen molar-refractivity contribution in [3.8, 4) is 0 Å². The molecule has 0 aliphatic heterocycles. The highest BCUT2D eigenvalue weighted by molar-refractivity contribution is 5.80. The first-order chi connectivity index (χ1) is 11.3. The lowest BCUT2D eigenvalue weighted by molar-refractivity contribution is -0.386. The van der Waals surface area contributed by atoms with Crippen LogP contribution in [0.1, 0.15) is 57.0 Å². The molecule has 0 radical (unpaired) electrons. The van der Waals surface area contributed by atoms with Gasteiger partial charge in [0.2, 0.25) is 5.91 Å². The van der Waals surface area contributed by atoms with E-state index in [2.05, 4.69) is 17.3 Å². The van der Waals surface area contributed by atoms with Crippen LogP contribution in [0.5, 0.6) is 0 Å². The molecule has 2 fully saturated rings. The van der Waals surface area contributed by atoms with Gasteiger partial charge >= 0.3 is 5.69 Å². The van der Waals surface area contributed by atoms with Crippen LogP contribution in [-0.2, 0) is 4.79 Å². The number of aromatic nitrogens is 2. The minimum absolute atomic E-state index is 0.00389. The molecule has 1 aromatic heterocycles. The molecular weight excluding hydrogens is 308 g/mol. The summed E-state index contributed by atoms with van der Waals surface area (Å²) in [5, 5.41) is 18.5. The maximum atomic E-state index is 12.6. The van der Waals surface area contributed by atoms with E-state index in [1.807, 2.05) is 0 Å². The van der Waals surface area contributed by atoms with E-state index in [-0.39, 0.29) is 17.6 Å². The average molecular weight is 334 g/mol. The maximum Gasteiger partial charge on any atom is 0.312 e. The van der Waals surface area contributed by atoms with Crippen molar-refractivity contribution in [2.45, 2.75) is 65.5 Å². The number of hydrogen-bond acceptors (Lipinski definition) is 4. The van der Waals surface area contributed by atoms with Crippen LogP contribution in [0.2, 0.25) is 0 Å². The van der Waals surface area contributed by atoms with Gasteiger partial charge in [-0.1, -0.05) is 6.42 Å². The van der Waals surface area contributed by atoms with Crippen molar-refractivity contribution in [3.63, 3.8) is 0 Å². The van der Waals surface area contributed by atoms with Gasteiger partial charge in [0.15, 0.2) is 0 Å².